The van der Waals surface area contributed by atoms with Crippen molar-refractivity contribution in [3.63, 3.8) is 0 Å². The molecule has 0 bridgehead atoms. The highest BCUT2D eigenvalue weighted by molar-refractivity contribution is 5.85. The van der Waals surface area contributed by atoms with Gasteiger partial charge in [-0.15, -0.1) is 0 Å². The van der Waals surface area contributed by atoms with Crippen molar-refractivity contribution in [3.05, 3.63) is 107 Å². The zero-order valence-electron chi connectivity index (χ0n) is 25.4. The maximum absolute atomic E-state index is 13.6. The van der Waals surface area contributed by atoms with Crippen molar-refractivity contribution >= 4 is 12.1 Å². The van der Waals surface area contributed by atoms with E-state index in [0.717, 1.165) is 43.9 Å². The number of aliphatic hydroxyl groups is 1. The molecule has 3 aromatic rings. The molecule has 2 aliphatic rings. The molecule has 7 nitrogen and oxygen atoms in total. The van der Waals surface area contributed by atoms with Crippen LogP contribution in [0.4, 0.5) is 13.6 Å². The predicted octanol–water partition coefficient (Wildman–Crippen LogP) is 5.89. The van der Waals surface area contributed by atoms with Crippen molar-refractivity contribution in [1.82, 2.24) is 9.80 Å². The molecule has 1 saturated carbocycles. The first-order valence-corrected chi connectivity index (χ1v) is 15.1. The van der Waals surface area contributed by atoms with Crippen LogP contribution in [-0.4, -0.2) is 64.9 Å². The highest BCUT2D eigenvalue weighted by Crippen LogP contribution is 2.49. The van der Waals surface area contributed by atoms with Gasteiger partial charge in [0.1, 0.15) is 17.2 Å². The lowest BCUT2D eigenvalue weighted by Gasteiger charge is -2.30. The molecule has 1 heterocycles. The summed E-state index contributed by atoms with van der Waals surface area (Å²) < 4.78 is 38.4. The monoisotopic (exact) mass is 606 g/mol. The van der Waals surface area contributed by atoms with Gasteiger partial charge in [-0.25, -0.2) is 18.4 Å². The summed E-state index contributed by atoms with van der Waals surface area (Å²) >= 11 is 0. The lowest BCUT2D eigenvalue weighted by Crippen LogP contribution is -2.42. The van der Waals surface area contributed by atoms with E-state index in [9.17, 15) is 23.5 Å². The zero-order chi connectivity index (χ0) is 31.5. The number of benzene rings is 3. The van der Waals surface area contributed by atoms with Crippen molar-refractivity contribution in [2.24, 2.45) is 11.8 Å². The Hall–Kier alpha value is -3.82. The second-order valence-corrected chi connectivity index (χ2v) is 12.7. The molecule has 1 N–H and O–H groups in total. The fourth-order valence-electron chi connectivity index (χ4n) is 6.14. The van der Waals surface area contributed by atoms with E-state index in [-0.39, 0.29) is 29.9 Å². The van der Waals surface area contributed by atoms with Gasteiger partial charge < -0.3 is 19.5 Å². The summed E-state index contributed by atoms with van der Waals surface area (Å²) in [5.74, 6) is -1.21. The van der Waals surface area contributed by atoms with Crippen LogP contribution >= 0.6 is 0 Å². The Bertz CT molecular complexity index is 1370. The average molecular weight is 607 g/mol. The average Bonchev–Trinajstić information content (AvgIpc) is 3.46. The Morgan fingerprint density at radius 3 is 1.93 bits per heavy atom. The Kier molecular flexibility index (Phi) is 9.37. The van der Waals surface area contributed by atoms with E-state index in [2.05, 4.69) is 17.0 Å². The molecule has 1 aliphatic carbocycles. The van der Waals surface area contributed by atoms with E-state index in [1.54, 1.807) is 0 Å². The topological polar surface area (TPSA) is 79.3 Å². The molecule has 0 radical (unpaired) electrons. The normalized spacial score (nSPS) is 19.7. The molecule has 3 aromatic carbocycles. The highest BCUT2D eigenvalue weighted by Gasteiger charge is 2.59. The summed E-state index contributed by atoms with van der Waals surface area (Å²) in [5, 5.41) is 11.5. The third-order valence-electron chi connectivity index (χ3n) is 8.31. The number of carbonyl (C=O) groups excluding carboxylic acids is 2. The zero-order valence-corrected chi connectivity index (χ0v) is 25.4. The Morgan fingerprint density at radius 2 is 1.41 bits per heavy atom. The van der Waals surface area contributed by atoms with Crippen LogP contribution in [0.15, 0.2) is 78.9 Å². The first kappa shape index (κ1) is 31.6. The van der Waals surface area contributed by atoms with E-state index in [4.69, 9.17) is 9.47 Å². The van der Waals surface area contributed by atoms with Crippen LogP contribution in [0.25, 0.3) is 0 Å². The van der Waals surface area contributed by atoms with Crippen LogP contribution in [0, 0.1) is 23.5 Å². The predicted molar refractivity (Wildman–Crippen MR) is 161 cm³/mol. The quantitative estimate of drug-likeness (QED) is 0.217. The van der Waals surface area contributed by atoms with Gasteiger partial charge in [0.2, 0.25) is 5.60 Å². The molecule has 1 amide bonds. The number of halogens is 2. The number of ether oxygens (including phenoxy) is 2. The number of nitrogens with zero attached hydrogens (tertiary/aromatic N) is 2. The minimum atomic E-state index is -2.25. The molecule has 5 rings (SSSR count). The molecule has 234 valence electrons. The molecule has 1 saturated heterocycles. The number of piperidine rings is 1. The van der Waals surface area contributed by atoms with Crippen LogP contribution in [0.2, 0.25) is 0 Å². The minimum absolute atomic E-state index is 0.00588. The van der Waals surface area contributed by atoms with E-state index >= 15 is 0 Å². The lowest BCUT2D eigenvalue weighted by molar-refractivity contribution is -0.162. The Morgan fingerprint density at radius 1 is 0.864 bits per heavy atom. The second kappa shape index (κ2) is 13.0. The summed E-state index contributed by atoms with van der Waals surface area (Å²) in [6, 6.07) is 20.2. The Balaban J connectivity index is 1.18. The highest BCUT2D eigenvalue weighted by atomic mass is 19.1. The second-order valence-electron chi connectivity index (χ2n) is 12.7. The molecule has 2 unspecified atom stereocenters. The van der Waals surface area contributed by atoms with Gasteiger partial charge in [-0.1, -0.05) is 54.6 Å². The van der Waals surface area contributed by atoms with E-state index in [0.29, 0.717) is 31.2 Å². The number of carbonyl (C=O) groups is 2. The van der Waals surface area contributed by atoms with Crippen molar-refractivity contribution in [3.8, 4) is 0 Å². The maximum Gasteiger partial charge on any atom is 0.410 e. The van der Waals surface area contributed by atoms with Gasteiger partial charge in [0.05, 0.1) is 6.61 Å². The standard InChI is InChI=1S/C35H40F2N2O5/c1-34(2,3)44-33(41)39(31-29-22-38(23-30(29)31)21-24-9-5-4-6-10-24)19-7-8-20-43-32(40)35(42,25-11-15-27(36)16-12-25)26-13-17-28(37)18-14-26/h4-6,9-18,29-31,42H,7-8,19-23H2,1-3H3. The fourth-order valence-corrected chi connectivity index (χ4v) is 6.14. The van der Waals surface area contributed by atoms with Crippen LogP contribution in [-0.2, 0) is 26.4 Å². The van der Waals surface area contributed by atoms with Crippen LogP contribution < -0.4 is 0 Å². The third-order valence-corrected chi connectivity index (χ3v) is 8.31. The van der Waals surface area contributed by atoms with Crippen LogP contribution in [0.5, 0.6) is 0 Å². The van der Waals surface area contributed by atoms with Crippen molar-refractivity contribution in [2.45, 2.75) is 57.4 Å². The molecule has 9 heteroatoms. The summed E-state index contributed by atoms with van der Waals surface area (Å²) in [4.78, 5) is 30.7. The molecule has 0 spiro atoms. The van der Waals surface area contributed by atoms with E-state index in [1.165, 1.54) is 29.8 Å². The number of likely N-dealkylation sites (tertiary alicyclic amines) is 1. The van der Waals surface area contributed by atoms with Gasteiger partial charge in [-0.05, 0) is 86.4 Å². The van der Waals surface area contributed by atoms with Gasteiger partial charge in [0.15, 0.2) is 0 Å². The van der Waals surface area contributed by atoms with Crippen molar-refractivity contribution < 1.29 is 33.0 Å². The first-order valence-electron chi connectivity index (χ1n) is 15.1. The SMILES string of the molecule is CC(C)(C)OC(=O)N(CCCCOC(=O)C(O)(c1ccc(F)cc1)c1ccc(F)cc1)C1C2CN(Cc3ccccc3)CC21. The van der Waals surface area contributed by atoms with Crippen LogP contribution in [0.1, 0.15) is 50.3 Å². The lowest BCUT2D eigenvalue weighted by atomic mass is 9.86. The van der Waals surface area contributed by atoms with Crippen molar-refractivity contribution in [2.75, 3.05) is 26.2 Å². The minimum Gasteiger partial charge on any atom is -0.463 e. The molecule has 1 aliphatic heterocycles. The largest absolute Gasteiger partial charge is 0.463 e. The summed E-state index contributed by atoms with van der Waals surface area (Å²) in [7, 11) is 0. The summed E-state index contributed by atoms with van der Waals surface area (Å²) in [5.41, 5.74) is -1.39. The first-order chi connectivity index (χ1) is 21.0. The molecule has 44 heavy (non-hydrogen) atoms. The molecule has 2 fully saturated rings. The summed E-state index contributed by atoms with van der Waals surface area (Å²) in [6.07, 6.45) is 0.656. The summed E-state index contributed by atoms with van der Waals surface area (Å²) in [6.45, 7) is 8.72. The van der Waals surface area contributed by atoms with Gasteiger partial charge >= 0.3 is 12.1 Å². The molecular formula is C35H40F2N2O5. The number of fused-ring (bicyclic) bond motifs is 1. The number of unbranched alkanes of at least 4 members (excludes halogenated alkanes) is 1. The number of esters is 1. The number of rotatable bonds is 11. The van der Waals surface area contributed by atoms with E-state index < -0.39 is 28.8 Å². The number of amides is 1. The number of hydrogen-bond donors (Lipinski definition) is 1. The maximum atomic E-state index is 13.6. The molecule has 0 aromatic heterocycles. The van der Waals surface area contributed by atoms with E-state index in [1.807, 2.05) is 43.9 Å². The Labute approximate surface area is 257 Å². The van der Waals surface area contributed by atoms with Gasteiger partial charge in [0, 0.05) is 32.2 Å². The van der Waals surface area contributed by atoms with Gasteiger partial charge in [-0.2, -0.15) is 0 Å². The molecule has 2 atom stereocenters. The third kappa shape index (κ3) is 7.27. The molecular weight excluding hydrogens is 566 g/mol. The van der Waals surface area contributed by atoms with Gasteiger partial charge in [-0.3, -0.25) is 4.90 Å². The van der Waals surface area contributed by atoms with Crippen LogP contribution in [0.3, 0.4) is 0 Å². The van der Waals surface area contributed by atoms with Crippen molar-refractivity contribution in [1.29, 1.82) is 0 Å². The fraction of sp³-hybridized carbons (Fsp3) is 0.429. The smallest absolute Gasteiger partial charge is 0.410 e. The van der Waals surface area contributed by atoms with Gasteiger partial charge in [0.25, 0.3) is 0 Å². The number of hydrogen-bond acceptors (Lipinski definition) is 6.